The average Bonchev–Trinajstić information content (AvgIpc) is 2.59. The van der Waals surface area contributed by atoms with Gasteiger partial charge in [0.2, 0.25) is 0 Å². The van der Waals surface area contributed by atoms with Gasteiger partial charge in [0.25, 0.3) is 0 Å². The maximum Gasteiger partial charge on any atom is 0 e. The van der Waals surface area contributed by atoms with Crippen LogP contribution in [0.1, 0.15) is 87.9 Å². The summed E-state index contributed by atoms with van der Waals surface area (Å²) in [5, 5.41) is 0. The van der Waals surface area contributed by atoms with Crippen LogP contribution in [0.25, 0.3) is 0 Å². The van der Waals surface area contributed by atoms with Gasteiger partial charge in [-0.2, -0.15) is 30.3 Å². The van der Waals surface area contributed by atoms with Gasteiger partial charge in [0, 0.05) is 65.4 Å². The number of nitrogens with zero attached hydrogens (tertiary/aromatic N) is 2. The molecule has 0 bridgehead atoms. The fraction of sp³-hybridized carbons (Fsp3) is 0.565. The van der Waals surface area contributed by atoms with Crippen LogP contribution in [0.4, 0.5) is 0 Å². The summed E-state index contributed by atoms with van der Waals surface area (Å²) in [6.45, 7) is 21.0. The molecule has 4 heteroatoms. The minimum absolute atomic E-state index is 0. The molecule has 0 N–H and O–H groups in total. The number of hydrogen-bond donors (Lipinski definition) is 0. The van der Waals surface area contributed by atoms with E-state index in [0.717, 1.165) is 5.69 Å². The number of rotatable bonds is 0. The van der Waals surface area contributed by atoms with Crippen molar-refractivity contribution in [3.63, 3.8) is 0 Å². The Kier molecular flexibility index (Phi) is 30.0. The Balaban J connectivity index is -0.0000000921. The van der Waals surface area contributed by atoms with Crippen LogP contribution >= 0.6 is 0 Å². The van der Waals surface area contributed by atoms with Crippen molar-refractivity contribution in [2.75, 3.05) is 0 Å². The quantitative estimate of drug-likeness (QED) is 0.347. The first kappa shape index (κ1) is 38.2. The van der Waals surface area contributed by atoms with Crippen LogP contribution < -0.4 is 0 Å². The van der Waals surface area contributed by atoms with E-state index in [1.165, 1.54) is 5.56 Å². The van der Waals surface area contributed by atoms with E-state index in [1.807, 2.05) is 58.0 Å². The molecule has 150 valence electrons. The Morgan fingerprint density at radius 1 is 0.778 bits per heavy atom. The van der Waals surface area contributed by atoms with E-state index >= 15 is 0 Å². The topological polar surface area (TPSA) is 25.8 Å². The van der Waals surface area contributed by atoms with Gasteiger partial charge in [-0.25, -0.2) is 0 Å². The number of hydrogen-bond acceptors (Lipinski definition) is 2. The second-order valence-corrected chi connectivity index (χ2v) is 6.83. The van der Waals surface area contributed by atoms with Gasteiger partial charge in [0.05, 0.1) is 0 Å². The third-order valence-electron chi connectivity index (χ3n) is 2.87. The third-order valence-corrected chi connectivity index (χ3v) is 2.87. The Morgan fingerprint density at radius 2 is 1.30 bits per heavy atom. The Labute approximate surface area is 220 Å². The van der Waals surface area contributed by atoms with E-state index in [9.17, 15) is 0 Å². The summed E-state index contributed by atoms with van der Waals surface area (Å²) in [6, 6.07) is 9.76. The van der Waals surface area contributed by atoms with E-state index in [4.69, 9.17) is 0 Å². The summed E-state index contributed by atoms with van der Waals surface area (Å²) in [5.41, 5.74) is 2.74. The Morgan fingerprint density at radius 3 is 1.52 bits per heavy atom. The summed E-state index contributed by atoms with van der Waals surface area (Å²) >= 11 is 0. The average molecular weight is 522 g/mol. The molecule has 0 unspecified atom stereocenters. The minimum Gasteiger partial charge on any atom is -0.394 e. The molecule has 0 aliphatic rings. The van der Waals surface area contributed by atoms with E-state index in [-0.39, 0.29) is 83.7 Å². The van der Waals surface area contributed by atoms with E-state index in [2.05, 4.69) is 63.9 Å². The van der Waals surface area contributed by atoms with Crippen LogP contribution in [-0.2, 0) is 76.2 Å². The predicted molar refractivity (Wildman–Crippen MR) is 113 cm³/mol. The summed E-state index contributed by atoms with van der Waals surface area (Å²) in [4.78, 5) is 7.96. The van der Waals surface area contributed by atoms with Gasteiger partial charge in [-0.15, -0.1) is 5.56 Å². The van der Waals surface area contributed by atoms with Crippen molar-refractivity contribution >= 4 is 0 Å². The number of pyridine rings is 2. The van der Waals surface area contributed by atoms with Gasteiger partial charge in [-0.3, -0.25) is 0 Å². The molecule has 0 fully saturated rings. The Bertz CT molecular complexity index is 452. The largest absolute Gasteiger partial charge is 0.394 e. The van der Waals surface area contributed by atoms with E-state index < -0.39 is 0 Å². The van der Waals surface area contributed by atoms with Gasteiger partial charge >= 0.3 is 0 Å². The maximum atomic E-state index is 4.12. The third kappa shape index (κ3) is 19.6. The van der Waals surface area contributed by atoms with Crippen LogP contribution in [0.2, 0.25) is 0 Å². The molecule has 0 saturated carbocycles. The SMILES string of the molecule is C.CC.CC.CC(C)(C)c1c[c-]ncc1.CC(C)(C)c1ccc[c-]n1.[Y].[Y]. The van der Waals surface area contributed by atoms with Gasteiger partial charge in [-0.05, 0) is 5.41 Å². The first-order valence-electron chi connectivity index (χ1n) is 8.87. The zero-order valence-electron chi connectivity index (χ0n) is 18.5. The number of aromatic nitrogens is 2. The fourth-order valence-corrected chi connectivity index (χ4v) is 1.53. The predicted octanol–water partition coefficient (Wildman–Crippen LogP) is 7.04. The molecule has 2 aromatic heterocycles. The van der Waals surface area contributed by atoms with Crippen LogP contribution in [0.3, 0.4) is 0 Å². The minimum atomic E-state index is 0. The van der Waals surface area contributed by atoms with E-state index in [0.29, 0.717) is 0 Å². The summed E-state index contributed by atoms with van der Waals surface area (Å²) < 4.78 is 0. The molecule has 0 aromatic carbocycles. The molecule has 0 atom stereocenters. The molecule has 0 spiro atoms. The molecule has 27 heavy (non-hydrogen) atoms. The standard InChI is InChI=1S/2C9H12N.2C2H6.CH4.2Y/c1-9(2,3)8-4-6-10-7-5-8;1-9(2,3)8-6-4-5-7-10-8;2*1-2;;;/h2*4-6H,1-3H3;2*1-2H3;1H4;;/q2*-1;;;;;. The molecule has 2 nitrogen and oxygen atoms in total. The molecule has 0 amide bonds. The van der Waals surface area contributed by atoms with Crippen molar-refractivity contribution in [3.8, 4) is 0 Å². The van der Waals surface area contributed by atoms with Gasteiger partial charge in [-0.1, -0.05) is 106 Å². The normalized spacial score (nSPS) is 8.96. The van der Waals surface area contributed by atoms with Crippen LogP contribution in [-0.4, -0.2) is 9.97 Å². The van der Waals surface area contributed by atoms with Crippen molar-refractivity contribution in [1.82, 2.24) is 9.97 Å². The van der Waals surface area contributed by atoms with Crippen molar-refractivity contribution < 1.29 is 65.4 Å². The molecule has 0 saturated heterocycles. The maximum absolute atomic E-state index is 4.12. The smallest absolute Gasteiger partial charge is 0 e. The molecule has 2 rings (SSSR count). The summed E-state index contributed by atoms with van der Waals surface area (Å²) in [5.74, 6) is 0. The Hall–Kier alpha value is 0.508. The van der Waals surface area contributed by atoms with Crippen molar-refractivity contribution in [2.45, 2.75) is 87.5 Å². The second kappa shape index (κ2) is 21.2. The molecule has 2 aromatic rings. The van der Waals surface area contributed by atoms with Crippen LogP contribution in [0.15, 0.2) is 36.5 Å². The first-order valence-corrected chi connectivity index (χ1v) is 8.87. The monoisotopic (exact) mass is 522 g/mol. The van der Waals surface area contributed by atoms with Crippen LogP contribution in [0, 0.1) is 12.4 Å². The first-order chi connectivity index (χ1) is 11.2. The summed E-state index contributed by atoms with van der Waals surface area (Å²) in [6.07, 6.45) is 7.41. The fourth-order valence-electron chi connectivity index (χ4n) is 1.53. The van der Waals surface area contributed by atoms with Crippen molar-refractivity contribution in [3.05, 3.63) is 60.2 Å². The second-order valence-electron chi connectivity index (χ2n) is 6.83. The van der Waals surface area contributed by atoms with Gasteiger partial charge in [0.15, 0.2) is 0 Å². The van der Waals surface area contributed by atoms with Crippen molar-refractivity contribution in [1.29, 1.82) is 0 Å². The zero-order chi connectivity index (χ0) is 19.2. The summed E-state index contributed by atoms with van der Waals surface area (Å²) in [7, 11) is 0. The van der Waals surface area contributed by atoms with Crippen LogP contribution in [0.5, 0.6) is 0 Å². The molecule has 0 aliphatic carbocycles. The van der Waals surface area contributed by atoms with Crippen molar-refractivity contribution in [2.24, 2.45) is 0 Å². The van der Waals surface area contributed by atoms with Gasteiger partial charge < -0.3 is 9.97 Å². The van der Waals surface area contributed by atoms with E-state index in [1.54, 1.807) is 6.20 Å². The molecule has 2 radical (unpaired) electrons. The molecular weight excluding hydrogens is 482 g/mol. The molecular formula is C23H40N2Y2-2. The zero-order valence-corrected chi connectivity index (χ0v) is 24.2. The molecule has 2 heterocycles. The molecule has 0 aliphatic heterocycles. The van der Waals surface area contributed by atoms with Gasteiger partial charge in [0.1, 0.15) is 0 Å².